The standard InChI is InChI=1S/C16H17ClN2O3/c1-11(22-14-8-6-13(17)7-9-14)16(21)19-18-10-12-4-2-3-5-15(12)20/h2-9,11,18,20H,10H2,1H3,(H,19,21)/t11-/m0/s1. The van der Waals surface area contributed by atoms with Crippen LogP contribution in [0.5, 0.6) is 11.5 Å². The van der Waals surface area contributed by atoms with Crippen LogP contribution in [-0.4, -0.2) is 17.1 Å². The van der Waals surface area contributed by atoms with Crippen LogP contribution in [0.25, 0.3) is 0 Å². The van der Waals surface area contributed by atoms with Gasteiger partial charge in [-0.25, -0.2) is 5.43 Å². The van der Waals surface area contributed by atoms with Crippen molar-refractivity contribution >= 4 is 17.5 Å². The predicted octanol–water partition coefficient (Wildman–Crippen LogP) is 2.63. The number of para-hydroxylation sites is 1. The Bertz CT molecular complexity index is 632. The highest BCUT2D eigenvalue weighted by Gasteiger charge is 2.14. The zero-order valence-electron chi connectivity index (χ0n) is 12.0. The first kappa shape index (κ1) is 16.1. The normalized spacial score (nSPS) is 11.7. The number of phenolic OH excluding ortho intramolecular Hbond substituents is 1. The summed E-state index contributed by atoms with van der Waals surface area (Å²) in [5, 5.41) is 10.2. The fourth-order valence-corrected chi connectivity index (χ4v) is 1.89. The molecule has 1 amide bonds. The Morgan fingerprint density at radius 3 is 2.59 bits per heavy atom. The van der Waals surface area contributed by atoms with Gasteiger partial charge in [-0.05, 0) is 37.3 Å². The van der Waals surface area contributed by atoms with Crippen LogP contribution in [-0.2, 0) is 11.3 Å². The van der Waals surface area contributed by atoms with Crippen LogP contribution in [0.2, 0.25) is 5.02 Å². The zero-order valence-corrected chi connectivity index (χ0v) is 12.8. The highest BCUT2D eigenvalue weighted by Crippen LogP contribution is 2.17. The Balaban J connectivity index is 1.79. The summed E-state index contributed by atoms with van der Waals surface area (Å²) in [5.74, 6) is 0.424. The molecule has 2 aromatic rings. The van der Waals surface area contributed by atoms with Gasteiger partial charge in [0.1, 0.15) is 11.5 Å². The topological polar surface area (TPSA) is 70.6 Å². The summed E-state index contributed by atoms with van der Waals surface area (Å²) in [6.45, 7) is 1.96. The fraction of sp³-hybridized carbons (Fsp3) is 0.188. The number of hydrogen-bond donors (Lipinski definition) is 3. The van der Waals surface area contributed by atoms with Gasteiger partial charge in [0.2, 0.25) is 0 Å². The molecule has 5 nitrogen and oxygen atoms in total. The summed E-state index contributed by atoms with van der Waals surface area (Å²) in [4.78, 5) is 11.9. The van der Waals surface area contributed by atoms with Gasteiger partial charge in [-0.2, -0.15) is 0 Å². The van der Waals surface area contributed by atoms with Crippen molar-refractivity contribution < 1.29 is 14.6 Å². The summed E-state index contributed by atoms with van der Waals surface area (Å²) >= 11 is 5.79. The zero-order chi connectivity index (χ0) is 15.9. The van der Waals surface area contributed by atoms with Crippen molar-refractivity contribution in [2.75, 3.05) is 0 Å². The molecule has 116 valence electrons. The van der Waals surface area contributed by atoms with E-state index in [0.717, 1.165) is 0 Å². The lowest BCUT2D eigenvalue weighted by Gasteiger charge is -2.15. The van der Waals surface area contributed by atoms with E-state index in [1.807, 2.05) is 6.07 Å². The quantitative estimate of drug-likeness (QED) is 0.716. The summed E-state index contributed by atoms with van der Waals surface area (Å²) in [6, 6.07) is 13.7. The molecule has 22 heavy (non-hydrogen) atoms. The minimum Gasteiger partial charge on any atom is -0.508 e. The molecule has 0 unspecified atom stereocenters. The molecule has 1 atom stereocenters. The highest BCUT2D eigenvalue weighted by molar-refractivity contribution is 6.30. The van der Waals surface area contributed by atoms with Crippen LogP contribution in [0.4, 0.5) is 0 Å². The molecule has 3 N–H and O–H groups in total. The molecular formula is C16H17ClN2O3. The van der Waals surface area contributed by atoms with Gasteiger partial charge in [-0.15, -0.1) is 0 Å². The Morgan fingerprint density at radius 1 is 1.23 bits per heavy atom. The van der Waals surface area contributed by atoms with E-state index in [2.05, 4.69) is 10.9 Å². The van der Waals surface area contributed by atoms with Crippen molar-refractivity contribution in [1.29, 1.82) is 0 Å². The maximum Gasteiger partial charge on any atom is 0.274 e. The summed E-state index contributed by atoms with van der Waals surface area (Å²) < 4.78 is 5.50. The fourth-order valence-electron chi connectivity index (χ4n) is 1.76. The number of hydrazine groups is 1. The molecular weight excluding hydrogens is 304 g/mol. The molecule has 0 aromatic heterocycles. The van der Waals surface area contributed by atoms with Gasteiger partial charge in [-0.1, -0.05) is 29.8 Å². The lowest BCUT2D eigenvalue weighted by Crippen LogP contribution is -2.44. The van der Waals surface area contributed by atoms with Crippen LogP contribution in [0.15, 0.2) is 48.5 Å². The van der Waals surface area contributed by atoms with Crippen molar-refractivity contribution in [3.05, 3.63) is 59.1 Å². The number of halogens is 1. The predicted molar refractivity (Wildman–Crippen MR) is 84.6 cm³/mol. The smallest absolute Gasteiger partial charge is 0.274 e. The van der Waals surface area contributed by atoms with Crippen molar-refractivity contribution in [2.45, 2.75) is 19.6 Å². The van der Waals surface area contributed by atoms with Gasteiger partial charge >= 0.3 is 0 Å². The second kappa shape index (κ2) is 7.68. The molecule has 0 radical (unpaired) electrons. The number of amides is 1. The number of nitrogens with one attached hydrogen (secondary N) is 2. The molecule has 0 fully saturated rings. The average Bonchev–Trinajstić information content (AvgIpc) is 2.51. The van der Waals surface area contributed by atoms with Gasteiger partial charge < -0.3 is 9.84 Å². The van der Waals surface area contributed by atoms with E-state index in [1.54, 1.807) is 49.4 Å². The van der Waals surface area contributed by atoms with Gasteiger partial charge in [0.15, 0.2) is 6.10 Å². The van der Waals surface area contributed by atoms with Crippen LogP contribution in [0, 0.1) is 0 Å². The lowest BCUT2D eigenvalue weighted by atomic mass is 10.2. The number of carbonyl (C=O) groups is 1. The third-order valence-electron chi connectivity index (χ3n) is 2.98. The van der Waals surface area contributed by atoms with E-state index in [4.69, 9.17) is 16.3 Å². The number of carbonyl (C=O) groups excluding carboxylic acids is 1. The van der Waals surface area contributed by atoms with Gasteiger partial charge in [0.05, 0.1) is 0 Å². The minimum absolute atomic E-state index is 0.176. The molecule has 0 heterocycles. The summed E-state index contributed by atoms with van der Waals surface area (Å²) in [5.41, 5.74) is 5.99. The molecule has 0 aliphatic heterocycles. The Morgan fingerprint density at radius 2 is 1.91 bits per heavy atom. The molecule has 0 spiro atoms. The molecule has 0 bridgehead atoms. The van der Waals surface area contributed by atoms with Crippen molar-refractivity contribution in [3.8, 4) is 11.5 Å². The molecule has 0 saturated carbocycles. The number of phenols is 1. The largest absolute Gasteiger partial charge is 0.508 e. The Labute approximate surface area is 133 Å². The monoisotopic (exact) mass is 320 g/mol. The van der Waals surface area contributed by atoms with Crippen molar-refractivity contribution in [2.24, 2.45) is 0 Å². The van der Waals surface area contributed by atoms with Crippen molar-refractivity contribution in [1.82, 2.24) is 10.9 Å². The van der Waals surface area contributed by atoms with E-state index >= 15 is 0 Å². The van der Waals surface area contributed by atoms with E-state index in [1.165, 1.54) is 0 Å². The van der Waals surface area contributed by atoms with Crippen LogP contribution in [0.3, 0.4) is 0 Å². The molecule has 6 heteroatoms. The van der Waals surface area contributed by atoms with Gasteiger partial charge in [-0.3, -0.25) is 10.2 Å². The molecule has 0 saturated heterocycles. The van der Waals surface area contributed by atoms with Crippen LogP contribution < -0.4 is 15.6 Å². The first-order valence-corrected chi connectivity index (χ1v) is 7.16. The third kappa shape index (κ3) is 4.65. The number of benzene rings is 2. The highest BCUT2D eigenvalue weighted by atomic mass is 35.5. The molecule has 0 aliphatic carbocycles. The first-order valence-electron chi connectivity index (χ1n) is 6.78. The van der Waals surface area contributed by atoms with E-state index in [-0.39, 0.29) is 11.7 Å². The van der Waals surface area contributed by atoms with Crippen LogP contribution in [0.1, 0.15) is 12.5 Å². The van der Waals surface area contributed by atoms with Crippen molar-refractivity contribution in [3.63, 3.8) is 0 Å². The minimum atomic E-state index is -0.668. The Hall–Kier alpha value is -2.24. The van der Waals surface area contributed by atoms with Crippen LogP contribution >= 0.6 is 11.6 Å². The summed E-state index contributed by atoms with van der Waals surface area (Å²) in [7, 11) is 0. The third-order valence-corrected chi connectivity index (χ3v) is 3.23. The number of aromatic hydroxyl groups is 1. The number of ether oxygens (including phenoxy) is 1. The molecule has 2 rings (SSSR count). The number of rotatable bonds is 6. The number of hydrogen-bond acceptors (Lipinski definition) is 4. The van der Waals surface area contributed by atoms with Gasteiger partial charge in [0.25, 0.3) is 5.91 Å². The lowest BCUT2D eigenvalue weighted by molar-refractivity contribution is -0.128. The maximum atomic E-state index is 11.9. The summed E-state index contributed by atoms with van der Waals surface area (Å²) in [6.07, 6.45) is -0.668. The Kier molecular flexibility index (Phi) is 5.63. The average molecular weight is 321 g/mol. The van der Waals surface area contributed by atoms with Gasteiger partial charge in [0, 0.05) is 17.1 Å². The second-order valence-electron chi connectivity index (χ2n) is 4.69. The molecule has 0 aliphatic rings. The maximum absolute atomic E-state index is 11.9. The molecule has 2 aromatic carbocycles. The van der Waals surface area contributed by atoms with E-state index in [0.29, 0.717) is 22.9 Å². The van der Waals surface area contributed by atoms with E-state index in [9.17, 15) is 9.90 Å². The second-order valence-corrected chi connectivity index (χ2v) is 5.12. The first-order chi connectivity index (χ1) is 10.6. The SMILES string of the molecule is C[C@H](Oc1ccc(Cl)cc1)C(=O)NNCc1ccccc1O. The van der Waals surface area contributed by atoms with E-state index < -0.39 is 6.10 Å².